The molecule has 0 radical (unpaired) electrons. The third-order valence-electron chi connectivity index (χ3n) is 1.04. The molecule has 11 heavy (non-hydrogen) atoms. The molecule has 0 amide bonds. The Morgan fingerprint density at radius 1 is 1.36 bits per heavy atom. The Kier molecular flexibility index (Phi) is 5.17. The molecular weight excluding hydrogens is 140 g/mol. The highest BCUT2D eigenvalue weighted by Crippen LogP contribution is 1.93. The van der Waals surface area contributed by atoms with Crippen molar-refractivity contribution in [2.75, 3.05) is 7.11 Å². The van der Waals surface area contributed by atoms with Gasteiger partial charge in [-0.1, -0.05) is 32.1 Å². The lowest BCUT2D eigenvalue weighted by Crippen LogP contribution is -1.92. The second-order valence-corrected chi connectivity index (χ2v) is 2.51. The maximum absolute atomic E-state index is 10.5. The zero-order chi connectivity index (χ0) is 8.69. The first kappa shape index (κ1) is 9.95. The minimum atomic E-state index is -0.321. The van der Waals surface area contributed by atoms with Crippen molar-refractivity contribution < 1.29 is 9.53 Å². The largest absolute Gasteiger partial charge is 0.466 e. The van der Waals surface area contributed by atoms with Crippen LogP contribution in [-0.2, 0) is 9.53 Å². The van der Waals surface area contributed by atoms with E-state index in [2.05, 4.69) is 18.6 Å². The predicted molar refractivity (Wildman–Crippen MR) is 45.1 cm³/mol. The monoisotopic (exact) mass is 154 g/mol. The fourth-order valence-electron chi connectivity index (χ4n) is 0.489. The van der Waals surface area contributed by atoms with Gasteiger partial charge in [0.2, 0.25) is 0 Å². The van der Waals surface area contributed by atoms with Gasteiger partial charge in [-0.05, 0) is 5.92 Å². The maximum atomic E-state index is 10.5. The van der Waals surface area contributed by atoms with E-state index in [4.69, 9.17) is 0 Å². The topological polar surface area (TPSA) is 26.3 Å². The first-order valence-corrected chi connectivity index (χ1v) is 3.59. The lowest BCUT2D eigenvalue weighted by atomic mass is 10.2. The zero-order valence-corrected chi connectivity index (χ0v) is 7.20. The molecule has 0 saturated carbocycles. The first-order valence-electron chi connectivity index (χ1n) is 3.59. The molecule has 2 nitrogen and oxygen atoms in total. The lowest BCUT2D eigenvalue weighted by molar-refractivity contribution is -0.134. The molecule has 0 aromatic carbocycles. The van der Waals surface area contributed by atoms with E-state index >= 15 is 0 Å². The Hall–Kier alpha value is -1.05. The van der Waals surface area contributed by atoms with Crippen LogP contribution < -0.4 is 0 Å². The predicted octanol–water partition coefficient (Wildman–Crippen LogP) is 1.93. The molecule has 0 rings (SSSR count). The number of carbonyl (C=O) groups excluding carboxylic acids is 1. The summed E-state index contributed by atoms with van der Waals surface area (Å²) in [6, 6.07) is 0. The van der Waals surface area contributed by atoms with E-state index in [1.54, 1.807) is 6.08 Å². The number of methoxy groups -OCH3 is 1. The summed E-state index contributed by atoms with van der Waals surface area (Å²) >= 11 is 0. The van der Waals surface area contributed by atoms with Gasteiger partial charge in [-0.3, -0.25) is 0 Å². The molecule has 0 fully saturated rings. The fraction of sp³-hybridized carbons (Fsp3) is 0.444. The molecule has 0 atom stereocenters. The minimum Gasteiger partial charge on any atom is -0.466 e. The quantitative estimate of drug-likeness (QED) is 0.352. The van der Waals surface area contributed by atoms with E-state index in [0.717, 1.165) is 0 Å². The average Bonchev–Trinajstić information content (AvgIpc) is 1.97. The van der Waals surface area contributed by atoms with Crippen LogP contribution in [0.1, 0.15) is 13.8 Å². The molecule has 0 aromatic heterocycles. The molecule has 0 aliphatic rings. The summed E-state index contributed by atoms with van der Waals surface area (Å²) in [7, 11) is 1.36. The Morgan fingerprint density at radius 2 is 2.00 bits per heavy atom. The van der Waals surface area contributed by atoms with Gasteiger partial charge in [0.1, 0.15) is 0 Å². The van der Waals surface area contributed by atoms with Crippen LogP contribution in [0.3, 0.4) is 0 Å². The van der Waals surface area contributed by atoms with Crippen molar-refractivity contribution in [2.24, 2.45) is 5.92 Å². The van der Waals surface area contributed by atoms with Crippen LogP contribution in [0, 0.1) is 5.92 Å². The molecule has 62 valence electrons. The first-order chi connectivity index (χ1) is 5.16. The van der Waals surface area contributed by atoms with Crippen LogP contribution in [0.25, 0.3) is 0 Å². The van der Waals surface area contributed by atoms with Crippen molar-refractivity contribution in [1.29, 1.82) is 0 Å². The molecular formula is C9H14O2. The van der Waals surface area contributed by atoms with Crippen molar-refractivity contribution in [1.82, 2.24) is 0 Å². The van der Waals surface area contributed by atoms with Crippen LogP contribution in [0.4, 0.5) is 0 Å². The van der Waals surface area contributed by atoms with E-state index in [-0.39, 0.29) is 5.97 Å². The SMILES string of the molecule is COC(=O)/C=C/C=C/C(C)C. The van der Waals surface area contributed by atoms with Gasteiger partial charge in [0.15, 0.2) is 0 Å². The Morgan fingerprint density at radius 3 is 2.45 bits per heavy atom. The zero-order valence-electron chi connectivity index (χ0n) is 7.20. The van der Waals surface area contributed by atoms with Crippen LogP contribution in [0.2, 0.25) is 0 Å². The van der Waals surface area contributed by atoms with Gasteiger partial charge in [-0.15, -0.1) is 0 Å². The van der Waals surface area contributed by atoms with Gasteiger partial charge >= 0.3 is 5.97 Å². The van der Waals surface area contributed by atoms with Crippen molar-refractivity contribution in [3.8, 4) is 0 Å². The Balaban J connectivity index is 3.68. The number of hydrogen-bond donors (Lipinski definition) is 0. The molecule has 0 heterocycles. The second-order valence-electron chi connectivity index (χ2n) is 2.51. The average molecular weight is 154 g/mol. The molecule has 0 N–H and O–H groups in total. The van der Waals surface area contributed by atoms with E-state index in [0.29, 0.717) is 5.92 Å². The number of carbonyl (C=O) groups is 1. The van der Waals surface area contributed by atoms with Crippen LogP contribution in [0.15, 0.2) is 24.3 Å². The van der Waals surface area contributed by atoms with E-state index in [1.807, 2.05) is 12.2 Å². The maximum Gasteiger partial charge on any atom is 0.330 e. The molecule has 0 bridgehead atoms. The van der Waals surface area contributed by atoms with Crippen LogP contribution >= 0.6 is 0 Å². The molecule has 2 heteroatoms. The van der Waals surface area contributed by atoms with Crippen molar-refractivity contribution >= 4 is 5.97 Å². The van der Waals surface area contributed by atoms with Gasteiger partial charge in [-0.2, -0.15) is 0 Å². The van der Waals surface area contributed by atoms with Gasteiger partial charge in [-0.25, -0.2) is 4.79 Å². The smallest absolute Gasteiger partial charge is 0.330 e. The molecule has 0 aliphatic carbocycles. The molecule has 0 spiro atoms. The highest BCUT2D eigenvalue weighted by molar-refractivity contribution is 5.82. The summed E-state index contributed by atoms with van der Waals surface area (Å²) in [6.45, 7) is 4.14. The van der Waals surface area contributed by atoms with E-state index < -0.39 is 0 Å². The van der Waals surface area contributed by atoms with E-state index in [9.17, 15) is 4.79 Å². The van der Waals surface area contributed by atoms with Gasteiger partial charge in [0, 0.05) is 6.08 Å². The fourth-order valence-corrected chi connectivity index (χ4v) is 0.489. The molecule has 0 unspecified atom stereocenters. The number of esters is 1. The highest BCUT2D eigenvalue weighted by atomic mass is 16.5. The number of rotatable bonds is 3. The Labute approximate surface area is 67.6 Å². The molecule has 0 aromatic rings. The number of hydrogen-bond acceptors (Lipinski definition) is 2. The molecule has 0 aliphatic heterocycles. The second kappa shape index (κ2) is 5.71. The third kappa shape index (κ3) is 6.84. The summed E-state index contributed by atoms with van der Waals surface area (Å²) < 4.78 is 4.40. The minimum absolute atomic E-state index is 0.321. The van der Waals surface area contributed by atoms with Crippen molar-refractivity contribution in [3.63, 3.8) is 0 Å². The number of ether oxygens (including phenoxy) is 1. The Bertz CT molecular complexity index is 166. The summed E-state index contributed by atoms with van der Waals surface area (Å²) in [5.74, 6) is 0.190. The van der Waals surface area contributed by atoms with Crippen LogP contribution in [-0.4, -0.2) is 13.1 Å². The number of allylic oxidation sites excluding steroid dienone is 3. The van der Waals surface area contributed by atoms with Crippen LogP contribution in [0.5, 0.6) is 0 Å². The highest BCUT2D eigenvalue weighted by Gasteiger charge is 1.86. The van der Waals surface area contributed by atoms with Crippen molar-refractivity contribution in [2.45, 2.75) is 13.8 Å². The summed E-state index contributed by atoms with van der Waals surface area (Å²) in [5, 5.41) is 0. The summed E-state index contributed by atoms with van der Waals surface area (Å²) in [4.78, 5) is 10.5. The van der Waals surface area contributed by atoms with Crippen molar-refractivity contribution in [3.05, 3.63) is 24.3 Å². The standard InChI is InChI=1S/C9H14O2/c1-8(2)6-4-5-7-9(10)11-3/h4-8H,1-3H3/b6-4+,7-5+. The van der Waals surface area contributed by atoms with E-state index in [1.165, 1.54) is 13.2 Å². The van der Waals surface area contributed by atoms with Gasteiger partial charge in [0.25, 0.3) is 0 Å². The normalized spacial score (nSPS) is 11.6. The molecule has 0 saturated heterocycles. The summed E-state index contributed by atoms with van der Waals surface area (Å²) in [6.07, 6.45) is 6.89. The lowest BCUT2D eigenvalue weighted by Gasteiger charge is -1.89. The summed E-state index contributed by atoms with van der Waals surface area (Å²) in [5.41, 5.74) is 0. The van der Waals surface area contributed by atoms with Gasteiger partial charge < -0.3 is 4.74 Å². The third-order valence-corrected chi connectivity index (χ3v) is 1.04. The van der Waals surface area contributed by atoms with Gasteiger partial charge in [0.05, 0.1) is 7.11 Å².